The lowest BCUT2D eigenvalue weighted by Crippen LogP contribution is -2.38. The summed E-state index contributed by atoms with van der Waals surface area (Å²) in [5, 5.41) is 17.5. The van der Waals surface area contributed by atoms with Gasteiger partial charge in [0.25, 0.3) is 0 Å². The maximum Gasteiger partial charge on any atom is 0.186 e. The van der Waals surface area contributed by atoms with Crippen LogP contribution in [0.1, 0.15) is 25.7 Å². The van der Waals surface area contributed by atoms with Crippen molar-refractivity contribution in [3.8, 4) is 11.4 Å². The van der Waals surface area contributed by atoms with Crippen LogP contribution in [0.4, 0.5) is 5.82 Å². The third-order valence-corrected chi connectivity index (χ3v) is 6.44. The van der Waals surface area contributed by atoms with E-state index in [2.05, 4.69) is 42.9 Å². The minimum absolute atomic E-state index is 0.374. The molecule has 3 aromatic rings. The van der Waals surface area contributed by atoms with Gasteiger partial charge in [0.2, 0.25) is 0 Å². The van der Waals surface area contributed by atoms with Crippen molar-refractivity contribution in [2.45, 2.75) is 31.8 Å². The molecular formula is C20H26N6OS. The summed E-state index contributed by atoms with van der Waals surface area (Å²) in [7, 11) is 0. The lowest BCUT2D eigenvalue weighted by atomic mass is 10.1. The molecule has 0 spiro atoms. The van der Waals surface area contributed by atoms with Gasteiger partial charge in [-0.25, -0.2) is 0 Å². The molecule has 0 bridgehead atoms. The third kappa shape index (κ3) is 3.76. The summed E-state index contributed by atoms with van der Waals surface area (Å²) in [5.74, 6) is 1.79. The van der Waals surface area contributed by atoms with Crippen molar-refractivity contribution < 1.29 is 4.74 Å². The maximum absolute atomic E-state index is 6.14. The van der Waals surface area contributed by atoms with Crippen molar-refractivity contribution in [3.63, 3.8) is 0 Å². The van der Waals surface area contributed by atoms with Crippen LogP contribution >= 0.6 is 11.3 Å². The van der Waals surface area contributed by atoms with Crippen molar-refractivity contribution in [1.29, 1.82) is 0 Å². The summed E-state index contributed by atoms with van der Waals surface area (Å²) < 4.78 is 8.00. The van der Waals surface area contributed by atoms with Crippen molar-refractivity contribution in [2.75, 3.05) is 44.2 Å². The first-order chi connectivity index (χ1) is 13.9. The lowest BCUT2D eigenvalue weighted by Gasteiger charge is -2.32. The SMILES string of the molecule is c1cc(-c2nnc3ccc(N4CCC(OCCN5CCCC5)CC4)nn23)cs1. The molecule has 0 aliphatic carbocycles. The zero-order valence-corrected chi connectivity index (χ0v) is 16.9. The average Bonchev–Trinajstić information content (AvgIpc) is 3.49. The number of fused-ring (bicyclic) bond motifs is 1. The van der Waals surface area contributed by atoms with Gasteiger partial charge in [0, 0.05) is 30.6 Å². The number of hydrogen-bond acceptors (Lipinski definition) is 7. The molecule has 0 unspecified atom stereocenters. The summed E-state index contributed by atoms with van der Waals surface area (Å²) >= 11 is 1.66. The molecule has 3 aromatic heterocycles. The number of nitrogens with zero attached hydrogens (tertiary/aromatic N) is 6. The van der Waals surface area contributed by atoms with Crippen LogP contribution in [0, 0.1) is 0 Å². The fraction of sp³-hybridized carbons (Fsp3) is 0.550. The Kier molecular flexibility index (Phi) is 5.24. The van der Waals surface area contributed by atoms with Crippen molar-refractivity contribution >= 4 is 22.8 Å². The molecule has 8 heteroatoms. The van der Waals surface area contributed by atoms with E-state index in [1.54, 1.807) is 11.3 Å². The van der Waals surface area contributed by atoms with E-state index in [4.69, 9.17) is 9.84 Å². The van der Waals surface area contributed by atoms with Crippen LogP contribution in [0.3, 0.4) is 0 Å². The van der Waals surface area contributed by atoms with Crippen LogP contribution in [-0.2, 0) is 4.74 Å². The van der Waals surface area contributed by atoms with E-state index in [9.17, 15) is 0 Å². The largest absolute Gasteiger partial charge is 0.377 e. The number of hydrogen-bond donors (Lipinski definition) is 0. The Morgan fingerprint density at radius 1 is 1.04 bits per heavy atom. The Morgan fingerprint density at radius 3 is 2.68 bits per heavy atom. The number of aromatic nitrogens is 4. The fourth-order valence-electron chi connectivity index (χ4n) is 4.13. The molecule has 2 fully saturated rings. The minimum Gasteiger partial charge on any atom is -0.377 e. The van der Waals surface area contributed by atoms with Gasteiger partial charge in [-0.15, -0.1) is 15.3 Å². The average molecular weight is 399 g/mol. The molecule has 0 saturated carbocycles. The first kappa shape index (κ1) is 18.0. The Labute approximate surface area is 168 Å². The van der Waals surface area contributed by atoms with Gasteiger partial charge in [0.1, 0.15) is 5.82 Å². The third-order valence-electron chi connectivity index (χ3n) is 5.75. The van der Waals surface area contributed by atoms with Crippen LogP contribution < -0.4 is 4.90 Å². The van der Waals surface area contributed by atoms with Gasteiger partial charge in [-0.05, 0) is 62.4 Å². The molecule has 5 rings (SSSR count). The predicted molar refractivity (Wildman–Crippen MR) is 111 cm³/mol. The van der Waals surface area contributed by atoms with E-state index < -0.39 is 0 Å². The van der Waals surface area contributed by atoms with Gasteiger partial charge in [-0.1, -0.05) is 0 Å². The van der Waals surface area contributed by atoms with E-state index in [0.717, 1.165) is 61.9 Å². The predicted octanol–water partition coefficient (Wildman–Crippen LogP) is 2.93. The highest BCUT2D eigenvalue weighted by Gasteiger charge is 2.22. The highest BCUT2D eigenvalue weighted by Crippen LogP contribution is 2.23. The molecule has 2 aliphatic rings. The summed E-state index contributed by atoms with van der Waals surface area (Å²) in [6.45, 7) is 6.38. The smallest absolute Gasteiger partial charge is 0.186 e. The fourth-order valence-corrected chi connectivity index (χ4v) is 4.76. The number of thiophene rings is 1. The van der Waals surface area contributed by atoms with Crippen molar-refractivity contribution in [2.24, 2.45) is 0 Å². The topological polar surface area (TPSA) is 58.8 Å². The molecule has 148 valence electrons. The molecule has 0 amide bonds. The molecule has 28 heavy (non-hydrogen) atoms. The monoisotopic (exact) mass is 398 g/mol. The Balaban J connectivity index is 1.20. The van der Waals surface area contributed by atoms with Crippen LogP contribution in [0.5, 0.6) is 0 Å². The molecule has 2 saturated heterocycles. The number of anilines is 1. The Bertz CT molecular complexity index is 897. The quantitative estimate of drug-likeness (QED) is 0.636. The molecule has 7 nitrogen and oxygen atoms in total. The summed E-state index contributed by atoms with van der Waals surface area (Å²) in [6, 6.07) is 6.11. The van der Waals surface area contributed by atoms with Gasteiger partial charge in [-0.3, -0.25) is 0 Å². The zero-order chi connectivity index (χ0) is 18.8. The van der Waals surface area contributed by atoms with Crippen LogP contribution in [0.2, 0.25) is 0 Å². The molecule has 2 aliphatic heterocycles. The van der Waals surface area contributed by atoms with Gasteiger partial charge < -0.3 is 14.5 Å². The maximum atomic E-state index is 6.14. The molecule has 0 atom stereocenters. The van der Waals surface area contributed by atoms with E-state index in [1.807, 2.05) is 10.6 Å². The van der Waals surface area contributed by atoms with Crippen molar-refractivity contribution in [1.82, 2.24) is 24.7 Å². The second-order valence-corrected chi connectivity index (χ2v) is 8.38. The van der Waals surface area contributed by atoms with Crippen LogP contribution in [-0.4, -0.2) is 70.1 Å². The second kappa shape index (κ2) is 8.14. The summed E-state index contributed by atoms with van der Waals surface area (Å²) in [6.07, 6.45) is 5.17. The Hall–Kier alpha value is -2.03. The Morgan fingerprint density at radius 2 is 1.89 bits per heavy atom. The molecule has 5 heterocycles. The first-order valence-electron chi connectivity index (χ1n) is 10.2. The molecule has 0 radical (unpaired) electrons. The zero-order valence-electron chi connectivity index (χ0n) is 16.0. The molecule has 0 N–H and O–H groups in total. The van der Waals surface area contributed by atoms with Crippen molar-refractivity contribution in [3.05, 3.63) is 29.0 Å². The van der Waals surface area contributed by atoms with Gasteiger partial charge in [0.05, 0.1) is 12.7 Å². The van der Waals surface area contributed by atoms with Gasteiger partial charge >= 0.3 is 0 Å². The van der Waals surface area contributed by atoms with E-state index in [0.29, 0.717) is 6.10 Å². The first-order valence-corrected chi connectivity index (χ1v) is 11.1. The van der Waals surface area contributed by atoms with Crippen LogP contribution in [0.15, 0.2) is 29.0 Å². The van der Waals surface area contributed by atoms with Gasteiger partial charge in [0.15, 0.2) is 11.5 Å². The standard InChI is InChI=1S/C20H26N6OS/c1-2-9-24(8-1)12-13-27-17-5-10-25(11-6-17)19-4-3-18-21-22-20(26(18)23-19)16-7-14-28-15-16/h3-4,7,14-15,17H,1-2,5-6,8-13H2. The minimum atomic E-state index is 0.374. The number of piperidine rings is 1. The number of ether oxygens (including phenoxy) is 1. The highest BCUT2D eigenvalue weighted by atomic mass is 32.1. The lowest BCUT2D eigenvalue weighted by molar-refractivity contribution is 0.0265. The number of rotatable bonds is 6. The second-order valence-electron chi connectivity index (χ2n) is 7.60. The number of likely N-dealkylation sites (tertiary alicyclic amines) is 1. The normalized spacial score (nSPS) is 19.1. The van der Waals surface area contributed by atoms with E-state index in [1.165, 1.54) is 25.9 Å². The summed E-state index contributed by atoms with van der Waals surface area (Å²) in [4.78, 5) is 4.86. The molecular weight excluding hydrogens is 372 g/mol. The van der Waals surface area contributed by atoms with E-state index >= 15 is 0 Å². The highest BCUT2D eigenvalue weighted by molar-refractivity contribution is 7.08. The van der Waals surface area contributed by atoms with Crippen LogP contribution in [0.25, 0.3) is 17.0 Å². The van der Waals surface area contributed by atoms with E-state index in [-0.39, 0.29) is 0 Å². The molecule has 0 aromatic carbocycles. The van der Waals surface area contributed by atoms with Gasteiger partial charge in [-0.2, -0.15) is 15.9 Å². The summed E-state index contributed by atoms with van der Waals surface area (Å²) in [5.41, 5.74) is 1.84.